The van der Waals surface area contributed by atoms with Gasteiger partial charge in [-0.05, 0) is 39.3 Å². The number of likely N-dealkylation sites (tertiary alicyclic amines) is 1. The standard InChI is InChI=1S/C14H23N3O/c1-16-8-3-2-6-13(16)12-9-17-11(10-18)5-4-7-14(17)15-12/h9,11,13,18H,2-8,10H2,1H3. The molecule has 3 rings (SSSR count). The fourth-order valence-electron chi connectivity index (χ4n) is 3.38. The average Bonchev–Trinajstić information content (AvgIpc) is 2.82. The first-order valence-electron chi connectivity index (χ1n) is 7.18. The number of aromatic nitrogens is 2. The molecule has 1 aromatic heterocycles. The van der Waals surface area contributed by atoms with Crippen LogP contribution in [0.4, 0.5) is 0 Å². The van der Waals surface area contributed by atoms with E-state index in [-0.39, 0.29) is 12.6 Å². The maximum Gasteiger partial charge on any atom is 0.109 e. The summed E-state index contributed by atoms with van der Waals surface area (Å²) in [5, 5.41) is 9.45. The van der Waals surface area contributed by atoms with Crippen LogP contribution in [-0.4, -0.2) is 39.8 Å². The van der Waals surface area contributed by atoms with Crippen molar-refractivity contribution in [1.82, 2.24) is 14.5 Å². The van der Waals surface area contributed by atoms with Crippen molar-refractivity contribution in [3.8, 4) is 0 Å². The predicted molar refractivity (Wildman–Crippen MR) is 70.5 cm³/mol. The zero-order valence-electron chi connectivity index (χ0n) is 11.2. The monoisotopic (exact) mass is 249 g/mol. The van der Waals surface area contributed by atoms with Crippen LogP contribution in [0.1, 0.15) is 55.7 Å². The van der Waals surface area contributed by atoms with E-state index in [0.29, 0.717) is 6.04 Å². The Kier molecular flexibility index (Phi) is 3.39. The lowest BCUT2D eigenvalue weighted by Crippen LogP contribution is -2.29. The van der Waals surface area contributed by atoms with Crippen molar-refractivity contribution >= 4 is 0 Å². The summed E-state index contributed by atoms with van der Waals surface area (Å²) in [5.74, 6) is 1.18. The number of hydrogen-bond donors (Lipinski definition) is 1. The zero-order chi connectivity index (χ0) is 12.5. The third kappa shape index (κ3) is 2.08. The zero-order valence-corrected chi connectivity index (χ0v) is 11.2. The third-order valence-electron chi connectivity index (χ3n) is 4.48. The quantitative estimate of drug-likeness (QED) is 0.870. The largest absolute Gasteiger partial charge is 0.394 e. The first-order chi connectivity index (χ1) is 8.79. The van der Waals surface area contributed by atoms with E-state index in [4.69, 9.17) is 4.98 Å². The van der Waals surface area contributed by atoms with Crippen LogP contribution >= 0.6 is 0 Å². The highest BCUT2D eigenvalue weighted by molar-refractivity contribution is 5.13. The number of rotatable bonds is 2. The molecule has 1 N–H and O–H groups in total. The van der Waals surface area contributed by atoms with E-state index < -0.39 is 0 Å². The maximum absolute atomic E-state index is 9.45. The second kappa shape index (κ2) is 5.02. The van der Waals surface area contributed by atoms with Crippen LogP contribution in [0, 0.1) is 0 Å². The molecule has 0 aliphatic carbocycles. The fraction of sp³-hybridized carbons (Fsp3) is 0.786. The van der Waals surface area contributed by atoms with Crippen molar-refractivity contribution in [2.45, 2.75) is 50.6 Å². The molecular formula is C14H23N3O. The molecule has 2 unspecified atom stereocenters. The molecular weight excluding hydrogens is 226 g/mol. The Labute approximate surface area is 109 Å². The molecule has 0 radical (unpaired) electrons. The van der Waals surface area contributed by atoms with Gasteiger partial charge in [0.15, 0.2) is 0 Å². The van der Waals surface area contributed by atoms with E-state index in [1.807, 2.05) is 0 Å². The van der Waals surface area contributed by atoms with Gasteiger partial charge in [-0.1, -0.05) is 6.42 Å². The van der Waals surface area contributed by atoms with Gasteiger partial charge in [0.2, 0.25) is 0 Å². The molecule has 1 aromatic rings. The second-order valence-corrected chi connectivity index (χ2v) is 5.71. The summed E-state index contributed by atoms with van der Waals surface area (Å²) >= 11 is 0. The van der Waals surface area contributed by atoms with Gasteiger partial charge in [-0.2, -0.15) is 0 Å². The summed E-state index contributed by atoms with van der Waals surface area (Å²) < 4.78 is 2.22. The lowest BCUT2D eigenvalue weighted by molar-refractivity contribution is 0.183. The Morgan fingerprint density at radius 3 is 3.00 bits per heavy atom. The second-order valence-electron chi connectivity index (χ2n) is 5.71. The number of nitrogens with zero attached hydrogens (tertiary/aromatic N) is 3. The van der Waals surface area contributed by atoms with Crippen molar-refractivity contribution in [3.05, 3.63) is 17.7 Å². The fourth-order valence-corrected chi connectivity index (χ4v) is 3.38. The van der Waals surface area contributed by atoms with Gasteiger partial charge in [0, 0.05) is 12.6 Å². The van der Waals surface area contributed by atoms with Gasteiger partial charge in [0.05, 0.1) is 24.4 Å². The Morgan fingerprint density at radius 2 is 2.22 bits per heavy atom. The average molecular weight is 249 g/mol. The molecule has 4 heteroatoms. The predicted octanol–water partition coefficient (Wildman–Crippen LogP) is 1.91. The Hall–Kier alpha value is -0.870. The van der Waals surface area contributed by atoms with Crippen molar-refractivity contribution in [2.75, 3.05) is 20.2 Å². The van der Waals surface area contributed by atoms with Crippen molar-refractivity contribution in [2.24, 2.45) is 0 Å². The van der Waals surface area contributed by atoms with Crippen molar-refractivity contribution in [3.63, 3.8) is 0 Å². The minimum absolute atomic E-state index is 0.239. The maximum atomic E-state index is 9.45. The van der Waals surface area contributed by atoms with E-state index in [9.17, 15) is 5.11 Å². The van der Waals surface area contributed by atoms with E-state index >= 15 is 0 Å². The minimum Gasteiger partial charge on any atom is -0.394 e. The summed E-state index contributed by atoms with van der Waals surface area (Å²) in [6, 6.07) is 0.736. The van der Waals surface area contributed by atoms with Crippen molar-refractivity contribution < 1.29 is 5.11 Å². The first-order valence-corrected chi connectivity index (χ1v) is 7.18. The molecule has 4 nitrogen and oxygen atoms in total. The van der Waals surface area contributed by atoms with E-state index in [0.717, 1.165) is 19.3 Å². The summed E-state index contributed by atoms with van der Waals surface area (Å²) in [5.41, 5.74) is 1.22. The summed E-state index contributed by atoms with van der Waals surface area (Å²) in [6.07, 6.45) is 9.33. The lowest BCUT2D eigenvalue weighted by Gasteiger charge is -2.31. The topological polar surface area (TPSA) is 41.3 Å². The Bertz CT molecular complexity index is 415. The van der Waals surface area contributed by atoms with Gasteiger partial charge in [0.25, 0.3) is 0 Å². The van der Waals surface area contributed by atoms with Gasteiger partial charge >= 0.3 is 0 Å². The number of fused-ring (bicyclic) bond motifs is 1. The van der Waals surface area contributed by atoms with E-state index in [1.165, 1.54) is 37.3 Å². The summed E-state index contributed by atoms with van der Waals surface area (Å²) in [6.45, 7) is 1.42. The molecule has 2 aliphatic heterocycles. The lowest BCUT2D eigenvalue weighted by atomic mass is 10.0. The van der Waals surface area contributed by atoms with Crippen LogP contribution in [-0.2, 0) is 6.42 Å². The number of hydrogen-bond acceptors (Lipinski definition) is 3. The molecule has 0 bridgehead atoms. The highest BCUT2D eigenvalue weighted by atomic mass is 16.3. The van der Waals surface area contributed by atoms with Crippen LogP contribution in [0.5, 0.6) is 0 Å². The number of aliphatic hydroxyl groups excluding tert-OH is 1. The number of aliphatic hydroxyl groups is 1. The van der Waals surface area contributed by atoms with Crippen LogP contribution in [0.15, 0.2) is 6.20 Å². The normalized spacial score (nSPS) is 29.2. The number of imidazole rings is 1. The molecule has 0 amide bonds. The number of aryl methyl sites for hydroxylation is 1. The molecule has 0 saturated carbocycles. The highest BCUT2D eigenvalue weighted by Crippen LogP contribution is 2.32. The molecule has 0 spiro atoms. The van der Waals surface area contributed by atoms with Gasteiger partial charge in [-0.3, -0.25) is 4.90 Å². The molecule has 1 saturated heterocycles. The first kappa shape index (κ1) is 12.2. The minimum atomic E-state index is 0.239. The number of piperidine rings is 1. The molecule has 1 fully saturated rings. The van der Waals surface area contributed by atoms with Gasteiger partial charge in [0.1, 0.15) is 5.82 Å². The smallest absolute Gasteiger partial charge is 0.109 e. The molecule has 2 aliphatic rings. The van der Waals surface area contributed by atoms with Crippen LogP contribution in [0.2, 0.25) is 0 Å². The SMILES string of the molecule is CN1CCCCC1c1cn2c(n1)CCCC2CO. The van der Waals surface area contributed by atoms with E-state index in [1.54, 1.807) is 0 Å². The molecule has 0 aromatic carbocycles. The molecule has 100 valence electrons. The van der Waals surface area contributed by atoms with Crippen LogP contribution in [0.25, 0.3) is 0 Å². The Morgan fingerprint density at radius 1 is 1.33 bits per heavy atom. The van der Waals surface area contributed by atoms with Gasteiger partial charge in [-0.25, -0.2) is 4.98 Å². The van der Waals surface area contributed by atoms with Gasteiger partial charge in [-0.15, -0.1) is 0 Å². The summed E-state index contributed by atoms with van der Waals surface area (Å²) in [7, 11) is 2.20. The third-order valence-corrected chi connectivity index (χ3v) is 4.48. The molecule has 3 heterocycles. The van der Waals surface area contributed by atoms with Gasteiger partial charge < -0.3 is 9.67 Å². The molecule has 2 atom stereocenters. The van der Waals surface area contributed by atoms with E-state index in [2.05, 4.69) is 22.7 Å². The highest BCUT2D eigenvalue weighted by Gasteiger charge is 2.27. The summed E-state index contributed by atoms with van der Waals surface area (Å²) in [4.78, 5) is 7.26. The van der Waals surface area contributed by atoms with Crippen LogP contribution in [0.3, 0.4) is 0 Å². The Balaban J connectivity index is 1.87. The molecule has 18 heavy (non-hydrogen) atoms. The van der Waals surface area contributed by atoms with Crippen LogP contribution < -0.4 is 0 Å². The van der Waals surface area contributed by atoms with Crippen molar-refractivity contribution in [1.29, 1.82) is 0 Å².